The van der Waals surface area contributed by atoms with Crippen molar-refractivity contribution in [1.29, 1.82) is 0 Å². The molecule has 8 rings (SSSR count). The van der Waals surface area contributed by atoms with Gasteiger partial charge in [-0.3, -0.25) is 14.6 Å². The molecule has 0 aliphatic carbocycles. The molecule has 11 heteroatoms. The molecule has 1 N–H and O–H groups in total. The summed E-state index contributed by atoms with van der Waals surface area (Å²) < 4.78 is 25.4. The maximum Gasteiger partial charge on any atom is 0.261 e. The molecule has 6 heterocycles. The Morgan fingerprint density at radius 1 is 1.04 bits per heavy atom. The van der Waals surface area contributed by atoms with E-state index in [0.29, 0.717) is 53.5 Å². The van der Waals surface area contributed by atoms with Crippen molar-refractivity contribution in [2.24, 2.45) is 0 Å². The summed E-state index contributed by atoms with van der Waals surface area (Å²) in [5.41, 5.74) is 5.16. The topological polar surface area (TPSA) is 110 Å². The number of hydrogen-bond donors (Lipinski definition) is 1. The number of halogens is 1. The molecule has 5 aromatic rings. The molecule has 1 fully saturated rings. The van der Waals surface area contributed by atoms with Crippen LogP contribution in [0.15, 0.2) is 65.1 Å². The third-order valence-corrected chi connectivity index (χ3v) is 9.83. The maximum atomic E-state index is 14.0. The zero-order valence-corrected chi connectivity index (χ0v) is 25.2. The minimum absolute atomic E-state index is 0.0725. The van der Waals surface area contributed by atoms with E-state index in [4.69, 9.17) is 14.1 Å². The van der Waals surface area contributed by atoms with Crippen LogP contribution in [0.25, 0.3) is 21.9 Å². The van der Waals surface area contributed by atoms with Crippen molar-refractivity contribution >= 4 is 23.2 Å². The molecule has 3 aliphatic heterocycles. The molecule has 0 bridgehead atoms. The second kappa shape index (κ2) is 10.9. The van der Waals surface area contributed by atoms with Crippen molar-refractivity contribution in [1.82, 2.24) is 25.4 Å². The van der Waals surface area contributed by atoms with Crippen molar-refractivity contribution in [3.63, 3.8) is 0 Å². The smallest absolute Gasteiger partial charge is 0.261 e. The highest BCUT2D eigenvalue weighted by Crippen LogP contribution is 2.49. The van der Waals surface area contributed by atoms with Gasteiger partial charge >= 0.3 is 0 Å². The number of aryl methyl sites for hydroxylation is 3. The molecule has 2 amide bonds. The number of para-hydroxylation sites is 1. The molecule has 3 aliphatic rings. The zero-order chi connectivity index (χ0) is 30.7. The van der Waals surface area contributed by atoms with Crippen molar-refractivity contribution < 1.29 is 23.1 Å². The van der Waals surface area contributed by atoms with Crippen molar-refractivity contribution in [3.05, 3.63) is 105 Å². The van der Waals surface area contributed by atoms with Gasteiger partial charge in [-0.1, -0.05) is 30.3 Å². The molecule has 1 saturated heterocycles. The van der Waals surface area contributed by atoms with E-state index in [1.807, 2.05) is 35.2 Å². The van der Waals surface area contributed by atoms with Crippen LogP contribution in [0.3, 0.4) is 0 Å². The van der Waals surface area contributed by atoms with Crippen molar-refractivity contribution in [2.45, 2.75) is 44.7 Å². The number of amides is 2. The summed E-state index contributed by atoms with van der Waals surface area (Å²) in [5, 5.41) is 11.6. The van der Waals surface area contributed by atoms with Crippen LogP contribution in [0.4, 0.5) is 4.39 Å². The molecule has 0 saturated carbocycles. The van der Waals surface area contributed by atoms with E-state index in [-0.39, 0.29) is 35.6 Å². The Morgan fingerprint density at radius 2 is 1.89 bits per heavy atom. The van der Waals surface area contributed by atoms with Gasteiger partial charge in [-0.25, -0.2) is 4.39 Å². The first-order chi connectivity index (χ1) is 21.9. The second-order valence-electron chi connectivity index (χ2n) is 11.5. The van der Waals surface area contributed by atoms with Gasteiger partial charge < -0.3 is 19.4 Å². The Kier molecular flexibility index (Phi) is 6.71. The average molecular weight is 622 g/mol. The Labute approximate surface area is 262 Å². The molecule has 2 atom stereocenters. The first kappa shape index (κ1) is 27.6. The van der Waals surface area contributed by atoms with E-state index in [2.05, 4.69) is 15.5 Å². The molecule has 3 aromatic heterocycles. The molecule has 2 aromatic carbocycles. The summed E-state index contributed by atoms with van der Waals surface area (Å²) in [4.78, 5) is 35.7. The molecule has 226 valence electrons. The molecule has 0 spiro atoms. The number of nitrogens with zero attached hydrogens (tertiary/aromatic N) is 4. The average Bonchev–Trinajstić information content (AvgIpc) is 3.88. The van der Waals surface area contributed by atoms with Gasteiger partial charge in [0.2, 0.25) is 11.8 Å². The van der Waals surface area contributed by atoms with Gasteiger partial charge in [0, 0.05) is 29.5 Å². The van der Waals surface area contributed by atoms with Gasteiger partial charge in [-0.2, -0.15) is 0 Å². The number of benzene rings is 2. The minimum atomic E-state index is -0.291. The largest absolute Gasteiger partial charge is 0.491 e. The number of fused-ring (bicyclic) bond motifs is 4. The van der Waals surface area contributed by atoms with Crippen molar-refractivity contribution in [3.8, 4) is 27.6 Å². The lowest BCUT2D eigenvalue weighted by molar-refractivity contribution is 0.0776. The maximum absolute atomic E-state index is 14.0. The number of aromatic nitrogens is 3. The van der Waals surface area contributed by atoms with Crippen LogP contribution in [0, 0.1) is 12.7 Å². The van der Waals surface area contributed by atoms with Crippen molar-refractivity contribution in [2.75, 3.05) is 13.2 Å². The predicted octanol–water partition coefficient (Wildman–Crippen LogP) is 6.25. The summed E-state index contributed by atoms with van der Waals surface area (Å²) in [6.07, 6.45) is 2.85. The summed E-state index contributed by atoms with van der Waals surface area (Å²) in [7, 11) is 0. The lowest BCUT2D eigenvalue weighted by Crippen LogP contribution is -2.28. The Bertz CT molecular complexity index is 1970. The van der Waals surface area contributed by atoms with Crippen LogP contribution < -0.4 is 10.1 Å². The van der Waals surface area contributed by atoms with Crippen LogP contribution in [-0.4, -0.2) is 45.0 Å². The quantitative estimate of drug-likeness (QED) is 0.229. The van der Waals surface area contributed by atoms with E-state index in [1.165, 1.54) is 23.5 Å². The summed E-state index contributed by atoms with van der Waals surface area (Å²) in [6.45, 7) is 2.75. The Hall–Kier alpha value is -4.90. The Morgan fingerprint density at radius 3 is 2.71 bits per heavy atom. The molecule has 45 heavy (non-hydrogen) atoms. The highest BCUT2D eigenvalue weighted by atomic mass is 32.1. The summed E-state index contributed by atoms with van der Waals surface area (Å²) >= 11 is 1.31. The van der Waals surface area contributed by atoms with Gasteiger partial charge in [-0.15, -0.1) is 21.5 Å². The third kappa shape index (κ3) is 4.78. The standard InChI is InChI=1S/C34H28FN5O4S/c1-18-38-39-33(44-18)28-22(13-10-19-8-11-20(35)12-9-19)36-31-24-6-4-16-40(24)34(42)30(31)29(28)26-14-15-27(45-26)32(41)37-23-17-43-25-7-3-2-5-21(23)25/h2-3,5,7-9,11-12,14-15,23-24H,4,6,10,13,16-17H2,1H3,(H,37,41)/t23-,24+/m1/s1. The van der Waals surface area contributed by atoms with E-state index >= 15 is 0 Å². The number of carbonyl (C=O) groups is 2. The molecule has 9 nitrogen and oxygen atoms in total. The summed E-state index contributed by atoms with van der Waals surface area (Å²) in [6, 6.07) is 17.4. The monoisotopic (exact) mass is 621 g/mol. The van der Waals surface area contributed by atoms with E-state index in [1.54, 1.807) is 25.1 Å². The zero-order valence-electron chi connectivity index (χ0n) is 24.4. The van der Waals surface area contributed by atoms with E-state index in [0.717, 1.165) is 46.0 Å². The number of nitrogens with one attached hydrogen (secondary N) is 1. The van der Waals surface area contributed by atoms with E-state index < -0.39 is 0 Å². The van der Waals surface area contributed by atoms with Crippen LogP contribution in [0.2, 0.25) is 0 Å². The lowest BCUT2D eigenvalue weighted by Gasteiger charge is -2.16. The van der Waals surface area contributed by atoms with Gasteiger partial charge in [0.15, 0.2) is 0 Å². The highest BCUT2D eigenvalue weighted by Gasteiger charge is 2.45. The number of hydrogen-bond acceptors (Lipinski definition) is 8. The SMILES string of the molecule is Cc1nnc(-c2c(CCc3ccc(F)cc3)nc3c(c2-c2ccc(C(=O)N[C@@H]4COc5ccccc54)s2)C(=O)N2CCC[C@@H]32)o1. The van der Waals surface area contributed by atoms with Crippen LogP contribution in [-0.2, 0) is 12.8 Å². The fraction of sp³-hybridized carbons (Fsp3) is 0.265. The lowest BCUT2D eigenvalue weighted by atomic mass is 9.93. The second-order valence-corrected chi connectivity index (χ2v) is 12.6. The molecular weight excluding hydrogens is 593 g/mol. The van der Waals surface area contributed by atoms with Crippen LogP contribution >= 0.6 is 11.3 Å². The third-order valence-electron chi connectivity index (χ3n) is 8.73. The first-order valence-electron chi connectivity index (χ1n) is 15.0. The fourth-order valence-corrected chi connectivity index (χ4v) is 7.59. The van der Waals surface area contributed by atoms with Gasteiger partial charge in [-0.05, 0) is 61.6 Å². The molecule has 0 radical (unpaired) electrons. The number of rotatable bonds is 7. The number of carbonyl (C=O) groups excluding carboxylic acids is 2. The van der Waals surface area contributed by atoms with Gasteiger partial charge in [0.25, 0.3) is 11.8 Å². The summed E-state index contributed by atoms with van der Waals surface area (Å²) in [5.74, 6) is 0.844. The normalized spacial score (nSPS) is 18.1. The molecule has 0 unspecified atom stereocenters. The minimum Gasteiger partial charge on any atom is -0.491 e. The number of thiophene rings is 1. The van der Waals surface area contributed by atoms with Gasteiger partial charge in [0.1, 0.15) is 18.2 Å². The Balaban J connectivity index is 1.23. The molecular formula is C34H28FN5O4S. The van der Waals surface area contributed by atoms with Crippen LogP contribution in [0.5, 0.6) is 5.75 Å². The van der Waals surface area contributed by atoms with Gasteiger partial charge in [0.05, 0.1) is 39.5 Å². The fourth-order valence-electron chi connectivity index (χ4n) is 6.62. The number of pyridine rings is 1. The highest BCUT2D eigenvalue weighted by molar-refractivity contribution is 7.17. The first-order valence-corrected chi connectivity index (χ1v) is 15.8. The number of ether oxygens (including phenoxy) is 1. The van der Waals surface area contributed by atoms with E-state index in [9.17, 15) is 14.0 Å². The van der Waals surface area contributed by atoms with Crippen LogP contribution in [0.1, 0.15) is 73.4 Å². The predicted molar refractivity (Wildman–Crippen MR) is 165 cm³/mol.